The first-order valence-corrected chi connectivity index (χ1v) is 10.3. The average molecular weight is 382 g/mol. The van der Waals surface area contributed by atoms with Crippen LogP contribution in [0.15, 0.2) is 17.8 Å². The van der Waals surface area contributed by atoms with Crippen LogP contribution in [0, 0.1) is 0 Å². The number of nitrogen functional groups attached to an aromatic ring is 2. The van der Waals surface area contributed by atoms with Gasteiger partial charge in [-0.15, -0.1) is 16.8 Å². The summed E-state index contributed by atoms with van der Waals surface area (Å²) in [5.74, 6) is 1.76. The molecule has 25 heavy (non-hydrogen) atoms. The van der Waals surface area contributed by atoms with Gasteiger partial charge in [0, 0.05) is 12.5 Å². The lowest BCUT2D eigenvalue weighted by Crippen LogP contribution is -2.11. The number of rotatable bonds is 6. The molecule has 2 aromatic rings. The Balaban J connectivity index is 1.80. The second kappa shape index (κ2) is 6.96. The lowest BCUT2D eigenvalue weighted by molar-refractivity contribution is 0.597. The van der Waals surface area contributed by atoms with Crippen molar-refractivity contribution in [3.05, 3.63) is 24.3 Å². The molecule has 1 unspecified atom stereocenters. The predicted molar refractivity (Wildman–Crippen MR) is 94.4 cm³/mol. The number of nitrogens with zero attached hydrogens (tertiary/aromatic N) is 6. The van der Waals surface area contributed by atoms with Crippen LogP contribution in [-0.4, -0.2) is 49.6 Å². The van der Waals surface area contributed by atoms with E-state index in [2.05, 4.69) is 31.7 Å². The fourth-order valence-electron chi connectivity index (χ4n) is 2.66. The maximum absolute atomic E-state index is 11.7. The van der Waals surface area contributed by atoms with Crippen LogP contribution in [0.25, 0.3) is 0 Å². The van der Waals surface area contributed by atoms with Crippen LogP contribution in [0.3, 0.4) is 0 Å². The Hall–Kier alpha value is -2.21. The molecule has 0 aliphatic carbocycles. The molecule has 10 nitrogen and oxygen atoms in total. The Morgan fingerprint density at radius 1 is 1.24 bits per heavy atom. The summed E-state index contributed by atoms with van der Waals surface area (Å²) in [5, 5.41) is 9.03. The van der Waals surface area contributed by atoms with E-state index in [4.69, 9.17) is 11.5 Å². The third-order valence-electron chi connectivity index (χ3n) is 3.70. The number of hydrogen-bond acceptors (Lipinski definition) is 10. The third kappa shape index (κ3) is 4.07. The van der Waals surface area contributed by atoms with Crippen LogP contribution in [0.1, 0.15) is 24.0 Å². The van der Waals surface area contributed by atoms with Gasteiger partial charge in [0.25, 0.3) is 0 Å². The van der Waals surface area contributed by atoms with Gasteiger partial charge in [-0.1, -0.05) is 17.8 Å². The highest BCUT2D eigenvalue weighted by Gasteiger charge is 2.33. The molecule has 0 aromatic carbocycles. The third-order valence-corrected chi connectivity index (χ3v) is 6.43. The van der Waals surface area contributed by atoms with Gasteiger partial charge in [0.1, 0.15) is 11.6 Å². The second-order valence-electron chi connectivity index (χ2n) is 5.60. The Bertz CT molecular complexity index is 875. The topological polar surface area (TPSA) is 156 Å². The molecule has 3 rings (SSSR count). The highest BCUT2D eigenvalue weighted by Crippen LogP contribution is 2.30. The van der Waals surface area contributed by atoms with E-state index in [1.54, 1.807) is 6.08 Å². The summed E-state index contributed by atoms with van der Waals surface area (Å²) in [7, 11) is -3.00. The molecule has 1 atom stereocenters. The molecule has 12 heteroatoms. The lowest BCUT2D eigenvalue weighted by Gasteiger charge is -2.11. The van der Waals surface area contributed by atoms with Crippen molar-refractivity contribution in [1.29, 1.82) is 0 Å². The summed E-state index contributed by atoms with van der Waals surface area (Å²) < 4.78 is 25.3. The summed E-state index contributed by atoms with van der Waals surface area (Å²) in [6, 6.07) is 0. The van der Waals surface area contributed by atoms with Crippen molar-refractivity contribution in [2.24, 2.45) is 0 Å². The van der Waals surface area contributed by atoms with Gasteiger partial charge in [-0.25, -0.2) is 8.42 Å². The number of sulfone groups is 1. The van der Waals surface area contributed by atoms with Gasteiger partial charge in [-0.3, -0.25) is 0 Å². The molecule has 0 amide bonds. The first-order valence-electron chi connectivity index (χ1n) is 7.51. The van der Waals surface area contributed by atoms with Gasteiger partial charge >= 0.3 is 0 Å². The van der Waals surface area contributed by atoms with Gasteiger partial charge in [-0.2, -0.15) is 15.0 Å². The first-order chi connectivity index (χ1) is 11.9. The van der Waals surface area contributed by atoms with Crippen molar-refractivity contribution in [2.45, 2.75) is 29.8 Å². The SMILES string of the molecule is C=CCn1c(SCc2nc(N)nc(N)n2)nnc1C1CCS(=O)(=O)C1. The van der Waals surface area contributed by atoms with Gasteiger partial charge in [-0.05, 0) is 6.42 Å². The van der Waals surface area contributed by atoms with E-state index < -0.39 is 9.84 Å². The largest absolute Gasteiger partial charge is 0.368 e. The highest BCUT2D eigenvalue weighted by molar-refractivity contribution is 7.98. The average Bonchev–Trinajstić information content (AvgIpc) is 3.08. The van der Waals surface area contributed by atoms with Crippen LogP contribution in [0.5, 0.6) is 0 Å². The fraction of sp³-hybridized carbons (Fsp3) is 0.462. The molecule has 1 fully saturated rings. The number of nitrogens with two attached hydrogens (primary N) is 2. The Labute approximate surface area is 149 Å². The van der Waals surface area contributed by atoms with E-state index in [0.29, 0.717) is 35.5 Å². The zero-order chi connectivity index (χ0) is 18.0. The first kappa shape index (κ1) is 17.6. The Kier molecular flexibility index (Phi) is 4.90. The van der Waals surface area contributed by atoms with Crippen LogP contribution in [-0.2, 0) is 22.1 Å². The Morgan fingerprint density at radius 3 is 2.56 bits per heavy atom. The normalized spacial score (nSPS) is 19.1. The molecule has 1 aliphatic rings. The monoisotopic (exact) mass is 382 g/mol. The molecular weight excluding hydrogens is 364 g/mol. The second-order valence-corrected chi connectivity index (χ2v) is 8.77. The fourth-order valence-corrected chi connectivity index (χ4v) is 5.21. The van der Waals surface area contributed by atoms with E-state index in [1.165, 1.54) is 11.8 Å². The van der Waals surface area contributed by atoms with Crippen LogP contribution < -0.4 is 11.5 Å². The zero-order valence-corrected chi connectivity index (χ0v) is 15.0. The van der Waals surface area contributed by atoms with Gasteiger partial charge in [0.05, 0.1) is 17.3 Å². The standard InChI is InChI=1S/C13H18N8O2S2/c1-2-4-21-10(8-3-5-25(22,23)7-8)19-20-13(21)24-6-9-16-11(14)18-12(15)17-9/h2,8H,1,3-7H2,(H4,14,15,16,17,18). The van der Waals surface area contributed by atoms with Crippen molar-refractivity contribution in [1.82, 2.24) is 29.7 Å². The Morgan fingerprint density at radius 2 is 1.96 bits per heavy atom. The van der Waals surface area contributed by atoms with Gasteiger partial charge in [0.2, 0.25) is 11.9 Å². The van der Waals surface area contributed by atoms with Crippen molar-refractivity contribution in [3.63, 3.8) is 0 Å². The van der Waals surface area contributed by atoms with Crippen molar-refractivity contribution in [3.8, 4) is 0 Å². The minimum absolute atomic E-state index is 0.0625. The molecule has 0 saturated carbocycles. The maximum Gasteiger partial charge on any atom is 0.225 e. The van der Waals surface area contributed by atoms with E-state index in [-0.39, 0.29) is 29.3 Å². The number of allylic oxidation sites excluding steroid dienone is 1. The van der Waals surface area contributed by atoms with E-state index in [0.717, 1.165) is 0 Å². The predicted octanol–water partition coefficient (Wildman–Crippen LogP) is 0.00790. The molecule has 134 valence electrons. The van der Waals surface area contributed by atoms with Crippen molar-refractivity contribution in [2.75, 3.05) is 23.0 Å². The van der Waals surface area contributed by atoms with Crippen LogP contribution in [0.2, 0.25) is 0 Å². The summed E-state index contributed by atoms with van der Waals surface area (Å²) >= 11 is 1.37. The molecule has 2 aromatic heterocycles. The van der Waals surface area contributed by atoms with Crippen molar-refractivity contribution >= 4 is 33.5 Å². The number of anilines is 2. The van der Waals surface area contributed by atoms with E-state index in [1.807, 2.05) is 4.57 Å². The van der Waals surface area contributed by atoms with Crippen LogP contribution >= 0.6 is 11.8 Å². The van der Waals surface area contributed by atoms with Crippen molar-refractivity contribution < 1.29 is 8.42 Å². The molecule has 0 bridgehead atoms. The molecule has 4 N–H and O–H groups in total. The minimum atomic E-state index is -3.00. The smallest absolute Gasteiger partial charge is 0.225 e. The molecule has 3 heterocycles. The molecule has 0 radical (unpaired) electrons. The van der Waals surface area contributed by atoms with Gasteiger partial charge < -0.3 is 16.0 Å². The quantitative estimate of drug-likeness (QED) is 0.515. The number of thioether (sulfide) groups is 1. The van der Waals surface area contributed by atoms with E-state index in [9.17, 15) is 8.42 Å². The molecule has 1 saturated heterocycles. The minimum Gasteiger partial charge on any atom is -0.368 e. The highest BCUT2D eigenvalue weighted by atomic mass is 32.2. The number of aromatic nitrogens is 6. The molecular formula is C13H18N8O2S2. The molecule has 1 aliphatic heterocycles. The zero-order valence-electron chi connectivity index (χ0n) is 13.4. The summed E-state index contributed by atoms with van der Waals surface area (Å²) in [5.41, 5.74) is 11.1. The van der Waals surface area contributed by atoms with E-state index >= 15 is 0 Å². The van der Waals surface area contributed by atoms with Gasteiger partial charge in [0.15, 0.2) is 15.0 Å². The summed E-state index contributed by atoms with van der Waals surface area (Å²) in [6.07, 6.45) is 2.28. The number of hydrogen-bond donors (Lipinski definition) is 2. The summed E-state index contributed by atoms with van der Waals surface area (Å²) in [4.78, 5) is 11.8. The molecule has 0 spiro atoms. The summed E-state index contributed by atoms with van der Waals surface area (Å²) in [6.45, 7) is 4.23. The van der Waals surface area contributed by atoms with Crippen LogP contribution in [0.4, 0.5) is 11.9 Å². The lowest BCUT2D eigenvalue weighted by atomic mass is 10.1. The maximum atomic E-state index is 11.7.